The molecule has 0 fully saturated rings. The third-order valence-corrected chi connectivity index (χ3v) is 5.09. The third kappa shape index (κ3) is 3.15. The Kier molecular flexibility index (Phi) is 4.34. The van der Waals surface area contributed by atoms with Gasteiger partial charge in [-0.3, -0.25) is 4.79 Å². The number of carbonyl (C=O) groups excluding carboxylic acids is 1. The van der Waals surface area contributed by atoms with E-state index in [1.165, 1.54) is 23.7 Å². The second-order valence-corrected chi connectivity index (χ2v) is 7.07. The lowest BCUT2D eigenvalue weighted by Crippen LogP contribution is -2.15. The van der Waals surface area contributed by atoms with Crippen molar-refractivity contribution in [3.05, 3.63) is 59.9 Å². The molecule has 0 atom stereocenters. The van der Waals surface area contributed by atoms with Gasteiger partial charge in [0.1, 0.15) is 22.5 Å². The van der Waals surface area contributed by atoms with Crippen LogP contribution >= 0.6 is 11.8 Å². The molecule has 0 saturated carbocycles. The van der Waals surface area contributed by atoms with E-state index >= 15 is 0 Å². The van der Waals surface area contributed by atoms with Crippen LogP contribution in [0.15, 0.2) is 58.2 Å². The molecule has 5 nitrogen and oxygen atoms in total. The molecule has 0 bridgehead atoms. The largest absolute Gasteiger partial charge is 0.451 e. The molecule has 130 valence electrons. The van der Waals surface area contributed by atoms with Crippen LogP contribution in [0.5, 0.6) is 0 Å². The number of nitrogens with one attached hydrogen (secondary N) is 1. The zero-order valence-electron chi connectivity index (χ0n) is 14.4. The van der Waals surface area contributed by atoms with Gasteiger partial charge in [-0.05, 0) is 37.6 Å². The normalized spacial score (nSPS) is 11.2. The van der Waals surface area contributed by atoms with E-state index in [0.29, 0.717) is 10.6 Å². The van der Waals surface area contributed by atoms with Gasteiger partial charge in [0.2, 0.25) is 5.91 Å². The summed E-state index contributed by atoms with van der Waals surface area (Å²) >= 11 is 1.34. The molecule has 2 aromatic heterocycles. The number of amides is 1. The predicted octanol–water partition coefficient (Wildman–Crippen LogP) is 4.72. The van der Waals surface area contributed by atoms with Crippen molar-refractivity contribution < 1.29 is 9.21 Å². The number of aryl methyl sites for hydroxylation is 2. The molecule has 6 heteroatoms. The average Bonchev–Trinajstić information content (AvgIpc) is 3.02. The number of benzene rings is 2. The first kappa shape index (κ1) is 16.6. The highest BCUT2D eigenvalue weighted by atomic mass is 32.2. The topological polar surface area (TPSA) is 68.0 Å². The smallest absolute Gasteiger partial charge is 0.234 e. The number of fused-ring (bicyclic) bond motifs is 3. The number of anilines is 1. The quantitative estimate of drug-likeness (QED) is 0.419. The summed E-state index contributed by atoms with van der Waals surface area (Å²) in [4.78, 5) is 20.9. The van der Waals surface area contributed by atoms with Gasteiger partial charge in [0, 0.05) is 11.1 Å². The minimum absolute atomic E-state index is 0.0789. The van der Waals surface area contributed by atoms with Crippen LogP contribution in [0.4, 0.5) is 5.69 Å². The Balaban J connectivity index is 1.53. The van der Waals surface area contributed by atoms with E-state index in [-0.39, 0.29) is 11.7 Å². The number of hydrogen-bond acceptors (Lipinski definition) is 5. The maximum Gasteiger partial charge on any atom is 0.234 e. The number of nitrogens with zero attached hydrogens (tertiary/aromatic N) is 2. The van der Waals surface area contributed by atoms with Crippen molar-refractivity contribution in [2.75, 3.05) is 11.1 Å². The summed E-state index contributed by atoms with van der Waals surface area (Å²) in [6, 6.07) is 13.7. The lowest BCUT2D eigenvalue weighted by molar-refractivity contribution is -0.113. The predicted molar refractivity (Wildman–Crippen MR) is 105 cm³/mol. The Morgan fingerprint density at radius 1 is 1.15 bits per heavy atom. The number of rotatable bonds is 4. The Labute approximate surface area is 154 Å². The van der Waals surface area contributed by atoms with Gasteiger partial charge in [-0.2, -0.15) is 0 Å². The van der Waals surface area contributed by atoms with Gasteiger partial charge in [0.15, 0.2) is 5.58 Å². The SMILES string of the molecule is Cc1ccc(NC(=O)CSc2ncnc3c2oc2ccccc23)c(C)c1. The van der Waals surface area contributed by atoms with Gasteiger partial charge in [-0.15, -0.1) is 0 Å². The molecule has 26 heavy (non-hydrogen) atoms. The van der Waals surface area contributed by atoms with E-state index in [9.17, 15) is 4.79 Å². The average molecular weight is 363 g/mol. The monoisotopic (exact) mass is 363 g/mol. The van der Waals surface area contributed by atoms with Crippen LogP contribution in [0.25, 0.3) is 22.1 Å². The molecular formula is C20H17N3O2S. The van der Waals surface area contributed by atoms with Gasteiger partial charge in [0.05, 0.1) is 5.75 Å². The van der Waals surface area contributed by atoms with Crippen molar-refractivity contribution in [1.82, 2.24) is 9.97 Å². The molecule has 0 aliphatic carbocycles. The molecule has 2 aromatic carbocycles. The van der Waals surface area contributed by atoms with E-state index in [2.05, 4.69) is 15.3 Å². The molecule has 2 heterocycles. The fourth-order valence-electron chi connectivity index (χ4n) is 2.88. The molecule has 0 unspecified atom stereocenters. The van der Waals surface area contributed by atoms with E-state index in [1.807, 2.05) is 56.3 Å². The first-order chi connectivity index (χ1) is 12.6. The van der Waals surface area contributed by atoms with Crippen molar-refractivity contribution in [1.29, 1.82) is 0 Å². The molecule has 0 radical (unpaired) electrons. The summed E-state index contributed by atoms with van der Waals surface area (Å²) in [6.45, 7) is 4.01. The van der Waals surface area contributed by atoms with Gasteiger partial charge in [-0.1, -0.05) is 41.6 Å². The number of para-hydroxylation sites is 1. The molecule has 4 aromatic rings. The number of carbonyl (C=O) groups is 1. The molecular weight excluding hydrogens is 346 g/mol. The van der Waals surface area contributed by atoms with Crippen LogP contribution in [0.3, 0.4) is 0 Å². The molecule has 0 spiro atoms. The first-order valence-corrected chi connectivity index (χ1v) is 9.22. The van der Waals surface area contributed by atoms with Crippen LogP contribution in [0.2, 0.25) is 0 Å². The second kappa shape index (κ2) is 6.80. The lowest BCUT2D eigenvalue weighted by Gasteiger charge is -2.08. The summed E-state index contributed by atoms with van der Waals surface area (Å²) < 4.78 is 5.89. The Morgan fingerprint density at radius 3 is 2.85 bits per heavy atom. The van der Waals surface area contributed by atoms with Crippen molar-refractivity contribution >= 4 is 45.4 Å². The highest BCUT2D eigenvalue weighted by Crippen LogP contribution is 2.32. The maximum absolute atomic E-state index is 12.3. The zero-order valence-corrected chi connectivity index (χ0v) is 15.3. The van der Waals surface area contributed by atoms with Crippen molar-refractivity contribution in [2.24, 2.45) is 0 Å². The molecule has 1 amide bonds. The second-order valence-electron chi connectivity index (χ2n) is 6.11. The molecule has 1 N–H and O–H groups in total. The Bertz CT molecular complexity index is 1120. The number of hydrogen-bond donors (Lipinski definition) is 1. The van der Waals surface area contributed by atoms with Gasteiger partial charge < -0.3 is 9.73 Å². The summed E-state index contributed by atoms with van der Waals surface area (Å²) in [7, 11) is 0. The maximum atomic E-state index is 12.3. The fourth-order valence-corrected chi connectivity index (χ4v) is 3.61. The Morgan fingerprint density at radius 2 is 2.00 bits per heavy atom. The van der Waals surface area contributed by atoms with Crippen LogP contribution in [0.1, 0.15) is 11.1 Å². The van der Waals surface area contributed by atoms with Crippen molar-refractivity contribution in [3.8, 4) is 0 Å². The minimum atomic E-state index is -0.0789. The van der Waals surface area contributed by atoms with Crippen LogP contribution in [-0.4, -0.2) is 21.6 Å². The number of aromatic nitrogens is 2. The summed E-state index contributed by atoms with van der Waals surface area (Å²) in [5.74, 6) is 0.168. The number of furan rings is 1. The highest BCUT2D eigenvalue weighted by molar-refractivity contribution is 8.00. The van der Waals surface area contributed by atoms with Crippen molar-refractivity contribution in [3.63, 3.8) is 0 Å². The zero-order chi connectivity index (χ0) is 18.1. The van der Waals surface area contributed by atoms with Crippen molar-refractivity contribution in [2.45, 2.75) is 18.9 Å². The van der Waals surface area contributed by atoms with Crippen LogP contribution < -0.4 is 5.32 Å². The highest BCUT2D eigenvalue weighted by Gasteiger charge is 2.14. The Hall–Kier alpha value is -2.86. The van der Waals surface area contributed by atoms with E-state index in [1.54, 1.807) is 0 Å². The minimum Gasteiger partial charge on any atom is -0.451 e. The van der Waals surface area contributed by atoms with Gasteiger partial charge >= 0.3 is 0 Å². The fraction of sp³-hybridized carbons (Fsp3) is 0.150. The van der Waals surface area contributed by atoms with Gasteiger partial charge in [0.25, 0.3) is 0 Å². The molecule has 0 aliphatic rings. The van der Waals surface area contributed by atoms with E-state index in [0.717, 1.165) is 27.7 Å². The lowest BCUT2D eigenvalue weighted by atomic mass is 10.1. The standard InChI is InChI=1S/C20H17N3O2S/c1-12-7-8-15(13(2)9-12)23-17(24)10-26-20-19-18(21-11-22-20)14-5-3-4-6-16(14)25-19/h3-9,11H,10H2,1-2H3,(H,23,24). The van der Waals surface area contributed by atoms with Gasteiger partial charge in [-0.25, -0.2) is 9.97 Å². The first-order valence-electron chi connectivity index (χ1n) is 8.24. The van der Waals surface area contributed by atoms with Crippen LogP contribution in [0, 0.1) is 13.8 Å². The molecule has 0 saturated heterocycles. The van der Waals surface area contributed by atoms with E-state index < -0.39 is 0 Å². The third-order valence-electron chi connectivity index (χ3n) is 4.12. The molecule has 0 aliphatic heterocycles. The molecule has 4 rings (SSSR count). The summed E-state index contributed by atoms with van der Waals surface area (Å²) in [6.07, 6.45) is 1.51. The van der Waals surface area contributed by atoms with Crippen LogP contribution in [-0.2, 0) is 4.79 Å². The summed E-state index contributed by atoms with van der Waals surface area (Å²) in [5.41, 5.74) is 5.21. The number of thioether (sulfide) groups is 1. The summed E-state index contributed by atoms with van der Waals surface area (Å²) in [5, 5.41) is 4.57. The van der Waals surface area contributed by atoms with E-state index in [4.69, 9.17) is 4.42 Å².